The van der Waals surface area contributed by atoms with Crippen LogP contribution in [0.15, 0.2) is 66.8 Å². The van der Waals surface area contributed by atoms with Crippen molar-refractivity contribution in [3.63, 3.8) is 0 Å². The number of piperazine rings is 1. The molecule has 0 unspecified atom stereocenters. The molecule has 0 aliphatic carbocycles. The van der Waals surface area contributed by atoms with Crippen LogP contribution in [0, 0.1) is 5.82 Å². The topological polar surface area (TPSA) is 144 Å². The van der Waals surface area contributed by atoms with Crippen molar-refractivity contribution < 1.29 is 42.5 Å². The minimum Gasteiger partial charge on any atom is -0.397 e. The second-order valence-corrected chi connectivity index (χ2v) is 10.4. The van der Waals surface area contributed by atoms with Crippen molar-refractivity contribution in [2.45, 2.75) is 24.9 Å². The summed E-state index contributed by atoms with van der Waals surface area (Å²) in [4.78, 5) is 57.0. The smallest absolute Gasteiger partial charge is 0.397 e. The number of nitrogens with zero attached hydrogens (tertiary/aromatic N) is 4. The normalized spacial score (nSPS) is 21.4. The van der Waals surface area contributed by atoms with E-state index in [0.717, 1.165) is 35.4 Å². The SMILES string of the molecule is O=C1C=CC(=O)OC2(O1)N(CCN1Cc3ccc(F)cc3C1)CCN(c1n[nH]c3ccccc13)C21OC(=O)C=CC(=O)O1. The van der Waals surface area contributed by atoms with Gasteiger partial charge in [-0.25, -0.2) is 28.5 Å². The lowest BCUT2D eigenvalue weighted by atomic mass is 10.1. The molecule has 4 aliphatic rings. The van der Waals surface area contributed by atoms with Gasteiger partial charge in [0.1, 0.15) is 5.82 Å². The Hall–Kier alpha value is -5.08. The van der Waals surface area contributed by atoms with Gasteiger partial charge in [-0.1, -0.05) is 18.2 Å². The fraction of sp³-hybridized carbons (Fsp3) is 0.276. The first-order valence-electron chi connectivity index (χ1n) is 13.5. The predicted molar refractivity (Wildman–Crippen MR) is 144 cm³/mol. The Morgan fingerprint density at radius 3 is 2.09 bits per heavy atom. The lowest BCUT2D eigenvalue weighted by molar-refractivity contribution is -0.416. The lowest BCUT2D eigenvalue weighted by Gasteiger charge is -2.55. The van der Waals surface area contributed by atoms with E-state index in [0.29, 0.717) is 30.5 Å². The first-order chi connectivity index (χ1) is 20.8. The molecule has 2 spiro atoms. The third-order valence-corrected chi connectivity index (χ3v) is 7.78. The molecule has 5 heterocycles. The number of ether oxygens (including phenoxy) is 4. The van der Waals surface area contributed by atoms with Crippen LogP contribution in [-0.4, -0.2) is 81.9 Å². The lowest BCUT2D eigenvalue weighted by Crippen LogP contribution is -2.81. The van der Waals surface area contributed by atoms with Gasteiger partial charge in [-0.05, 0) is 35.4 Å². The van der Waals surface area contributed by atoms with Crippen LogP contribution in [-0.2, 0) is 51.2 Å². The van der Waals surface area contributed by atoms with Gasteiger partial charge in [0.2, 0.25) is 0 Å². The van der Waals surface area contributed by atoms with Crippen molar-refractivity contribution in [2.24, 2.45) is 0 Å². The molecule has 14 heteroatoms. The molecule has 0 atom stereocenters. The second kappa shape index (κ2) is 10.0. The number of aromatic nitrogens is 2. The van der Waals surface area contributed by atoms with Gasteiger partial charge in [-0.2, -0.15) is 5.10 Å². The van der Waals surface area contributed by atoms with Gasteiger partial charge in [0, 0.05) is 69.0 Å². The summed E-state index contributed by atoms with van der Waals surface area (Å²) in [5.74, 6) is -9.43. The number of hydrogen-bond donors (Lipinski definition) is 1. The number of aromatic amines is 1. The minimum absolute atomic E-state index is 0.0329. The van der Waals surface area contributed by atoms with Crippen molar-refractivity contribution >= 4 is 40.6 Å². The van der Waals surface area contributed by atoms with Gasteiger partial charge in [0.15, 0.2) is 5.82 Å². The summed E-state index contributed by atoms with van der Waals surface area (Å²) in [7, 11) is 0. The average Bonchev–Trinajstić information content (AvgIpc) is 3.50. The summed E-state index contributed by atoms with van der Waals surface area (Å²) in [6.45, 7) is 1.53. The van der Waals surface area contributed by atoms with E-state index in [-0.39, 0.29) is 31.3 Å². The summed E-state index contributed by atoms with van der Waals surface area (Å²) in [5.41, 5.74) is 2.43. The van der Waals surface area contributed by atoms with Gasteiger partial charge in [-0.15, -0.1) is 0 Å². The molecular weight excluding hydrogens is 565 g/mol. The van der Waals surface area contributed by atoms with Gasteiger partial charge < -0.3 is 18.9 Å². The molecule has 0 radical (unpaired) electrons. The Labute approximate surface area is 243 Å². The Morgan fingerprint density at radius 1 is 0.767 bits per heavy atom. The van der Waals surface area contributed by atoms with Gasteiger partial charge >= 0.3 is 35.7 Å². The highest BCUT2D eigenvalue weighted by Gasteiger charge is 2.75. The number of carbonyl (C=O) groups excluding carboxylic acids is 4. The number of H-pyrrole nitrogens is 1. The Morgan fingerprint density at radius 2 is 1.40 bits per heavy atom. The molecule has 43 heavy (non-hydrogen) atoms. The molecule has 220 valence electrons. The number of halogens is 1. The zero-order chi connectivity index (χ0) is 29.8. The van der Waals surface area contributed by atoms with Crippen LogP contribution in [0.25, 0.3) is 10.9 Å². The van der Waals surface area contributed by atoms with E-state index < -0.39 is 35.7 Å². The maximum absolute atomic E-state index is 13.8. The van der Waals surface area contributed by atoms with Crippen molar-refractivity contribution in [3.05, 3.63) is 83.7 Å². The third-order valence-electron chi connectivity index (χ3n) is 7.78. The van der Waals surface area contributed by atoms with Crippen LogP contribution < -0.4 is 4.90 Å². The third kappa shape index (κ3) is 4.42. The number of esters is 4. The molecule has 0 saturated carbocycles. The summed E-state index contributed by atoms with van der Waals surface area (Å²) in [6, 6.07) is 11.7. The van der Waals surface area contributed by atoms with E-state index >= 15 is 0 Å². The molecule has 4 aliphatic heterocycles. The van der Waals surface area contributed by atoms with Crippen LogP contribution in [0.4, 0.5) is 10.2 Å². The van der Waals surface area contributed by atoms with Crippen LogP contribution in [0.2, 0.25) is 0 Å². The minimum atomic E-state index is -2.66. The standard InChI is InChI=1S/C29H24FN5O8/c30-20-6-5-18-16-33(17-19(18)15-20)11-12-34-13-14-35(27-21-3-1-2-4-22(21)31-32-27)29(42-25(38)9-10-26(39)43-29)28(34)40-23(36)7-8-24(37)41-28/h1-10,15H,11-14,16-17H2,(H,31,32). The number of fused-ring (bicyclic) bond motifs is 3. The molecule has 1 aromatic heterocycles. The number of rotatable bonds is 4. The Kier molecular flexibility index (Phi) is 6.25. The van der Waals surface area contributed by atoms with Gasteiger partial charge in [-0.3, -0.25) is 14.9 Å². The van der Waals surface area contributed by atoms with Crippen molar-refractivity contribution in [1.82, 2.24) is 20.0 Å². The molecule has 7 rings (SSSR count). The number of hydrogen-bond acceptors (Lipinski definition) is 12. The quantitative estimate of drug-likeness (QED) is 0.440. The van der Waals surface area contributed by atoms with Crippen molar-refractivity contribution in [1.29, 1.82) is 0 Å². The van der Waals surface area contributed by atoms with E-state index in [1.54, 1.807) is 30.3 Å². The molecule has 0 bridgehead atoms. The molecular formula is C29H24FN5O8. The number of nitrogens with one attached hydrogen (secondary N) is 1. The fourth-order valence-corrected chi connectivity index (χ4v) is 5.89. The van der Waals surface area contributed by atoms with Crippen LogP contribution >= 0.6 is 0 Å². The number of para-hydroxylation sites is 1. The van der Waals surface area contributed by atoms with Crippen LogP contribution in [0.1, 0.15) is 11.1 Å². The molecule has 0 amide bonds. The zero-order valence-corrected chi connectivity index (χ0v) is 22.5. The van der Waals surface area contributed by atoms with Crippen LogP contribution in [0.3, 0.4) is 0 Å². The molecule has 3 aromatic rings. The molecule has 1 fully saturated rings. The van der Waals surface area contributed by atoms with E-state index in [2.05, 4.69) is 10.2 Å². The van der Waals surface area contributed by atoms with E-state index in [9.17, 15) is 23.6 Å². The Balaban J connectivity index is 1.33. The number of benzene rings is 2. The summed E-state index contributed by atoms with van der Waals surface area (Å²) < 4.78 is 37.2. The first-order valence-corrected chi connectivity index (χ1v) is 13.5. The summed E-state index contributed by atoms with van der Waals surface area (Å²) in [5, 5.41) is 7.86. The Bertz CT molecular complexity index is 1690. The highest BCUT2D eigenvalue weighted by atomic mass is 19.1. The highest BCUT2D eigenvalue weighted by molar-refractivity contribution is 5.96. The average molecular weight is 590 g/mol. The number of carbonyl (C=O) groups is 4. The summed E-state index contributed by atoms with van der Waals surface area (Å²) in [6.07, 6.45) is 3.47. The van der Waals surface area contributed by atoms with E-state index in [1.165, 1.54) is 21.9 Å². The van der Waals surface area contributed by atoms with Gasteiger partial charge in [0.05, 0.1) is 5.52 Å². The molecule has 2 aromatic carbocycles. The van der Waals surface area contributed by atoms with E-state index in [1.807, 2.05) is 4.90 Å². The largest absolute Gasteiger partial charge is 0.444 e. The molecule has 1 saturated heterocycles. The highest BCUT2D eigenvalue weighted by Crippen LogP contribution is 2.47. The summed E-state index contributed by atoms with van der Waals surface area (Å²) >= 11 is 0. The maximum Gasteiger partial charge on any atom is 0.444 e. The van der Waals surface area contributed by atoms with Gasteiger partial charge in [0.25, 0.3) is 0 Å². The zero-order valence-electron chi connectivity index (χ0n) is 22.5. The van der Waals surface area contributed by atoms with Crippen molar-refractivity contribution in [2.75, 3.05) is 31.1 Å². The van der Waals surface area contributed by atoms with Crippen LogP contribution in [0.5, 0.6) is 0 Å². The second-order valence-electron chi connectivity index (χ2n) is 10.4. The molecule has 1 N–H and O–H groups in total. The monoisotopic (exact) mass is 589 g/mol. The van der Waals surface area contributed by atoms with E-state index in [4.69, 9.17) is 18.9 Å². The van der Waals surface area contributed by atoms with Crippen molar-refractivity contribution in [3.8, 4) is 0 Å². The first kappa shape index (κ1) is 26.8. The number of anilines is 1. The molecule has 13 nitrogen and oxygen atoms in total. The fourth-order valence-electron chi connectivity index (χ4n) is 5.89. The maximum atomic E-state index is 13.8. The predicted octanol–water partition coefficient (Wildman–Crippen LogP) is 1.46.